The summed E-state index contributed by atoms with van der Waals surface area (Å²) < 4.78 is 2.56. The van der Waals surface area contributed by atoms with Crippen molar-refractivity contribution < 1.29 is 9.59 Å². The number of aryl methyl sites for hydroxylation is 2. The van der Waals surface area contributed by atoms with Crippen molar-refractivity contribution in [1.82, 2.24) is 9.78 Å². The van der Waals surface area contributed by atoms with E-state index < -0.39 is 5.91 Å². The van der Waals surface area contributed by atoms with Crippen LogP contribution >= 0.6 is 27.3 Å². The molecule has 2 heterocycles. The summed E-state index contributed by atoms with van der Waals surface area (Å²) in [5, 5.41) is 7.51. The highest BCUT2D eigenvalue weighted by atomic mass is 79.9. The lowest BCUT2D eigenvalue weighted by Gasteiger charge is -2.06. The van der Waals surface area contributed by atoms with Crippen LogP contribution in [-0.4, -0.2) is 21.6 Å². The number of carbonyl (C=O) groups excluding carboxylic acids is 2. The van der Waals surface area contributed by atoms with Crippen LogP contribution in [0, 0.1) is 0 Å². The van der Waals surface area contributed by atoms with E-state index in [0.717, 1.165) is 29.3 Å². The zero-order valence-corrected chi connectivity index (χ0v) is 14.2. The van der Waals surface area contributed by atoms with E-state index in [-0.39, 0.29) is 12.3 Å². The third kappa shape index (κ3) is 3.07. The van der Waals surface area contributed by atoms with E-state index >= 15 is 0 Å². The molecule has 0 radical (unpaired) electrons. The number of thiophene rings is 1. The number of anilines is 1. The number of hydrogen-bond donors (Lipinski definition) is 2. The number of amides is 2. The molecule has 0 unspecified atom stereocenters. The minimum absolute atomic E-state index is 0.144. The molecule has 6 nitrogen and oxygen atoms in total. The van der Waals surface area contributed by atoms with Crippen LogP contribution in [0.1, 0.15) is 33.6 Å². The maximum atomic E-state index is 12.1. The fourth-order valence-corrected chi connectivity index (χ4v) is 4.26. The number of nitrogens with two attached hydrogens (primary N) is 1. The summed E-state index contributed by atoms with van der Waals surface area (Å²) in [6.07, 6.45) is 6.63. The second-order valence-corrected chi connectivity index (χ2v) is 7.17. The predicted octanol–water partition coefficient (Wildman–Crippen LogP) is 2.32. The Morgan fingerprint density at radius 2 is 2.27 bits per heavy atom. The number of carbonyl (C=O) groups is 2. The van der Waals surface area contributed by atoms with Crippen LogP contribution in [-0.2, 0) is 24.2 Å². The highest BCUT2D eigenvalue weighted by Crippen LogP contribution is 2.38. The number of rotatable bonds is 5. The van der Waals surface area contributed by atoms with Gasteiger partial charge in [0.2, 0.25) is 5.91 Å². The average Bonchev–Trinajstić information content (AvgIpc) is 3.11. The van der Waals surface area contributed by atoms with Crippen LogP contribution in [0.2, 0.25) is 0 Å². The summed E-state index contributed by atoms with van der Waals surface area (Å²) >= 11 is 4.78. The summed E-state index contributed by atoms with van der Waals surface area (Å²) in [4.78, 5) is 24.9. The number of primary amides is 1. The molecular weight excluding hydrogens is 368 g/mol. The van der Waals surface area contributed by atoms with Crippen LogP contribution in [0.4, 0.5) is 5.00 Å². The van der Waals surface area contributed by atoms with Crippen molar-refractivity contribution in [3.8, 4) is 0 Å². The summed E-state index contributed by atoms with van der Waals surface area (Å²) in [6.45, 7) is 0.481. The van der Waals surface area contributed by atoms with Crippen LogP contribution in [0.25, 0.3) is 0 Å². The molecule has 0 saturated carbocycles. The van der Waals surface area contributed by atoms with Gasteiger partial charge in [-0.05, 0) is 40.8 Å². The van der Waals surface area contributed by atoms with Gasteiger partial charge >= 0.3 is 0 Å². The molecule has 2 aromatic rings. The van der Waals surface area contributed by atoms with Crippen molar-refractivity contribution in [2.24, 2.45) is 5.73 Å². The monoisotopic (exact) mass is 382 g/mol. The summed E-state index contributed by atoms with van der Waals surface area (Å²) in [5.41, 5.74) is 6.98. The van der Waals surface area contributed by atoms with Crippen LogP contribution < -0.4 is 11.1 Å². The molecule has 8 heteroatoms. The molecule has 0 aliphatic heterocycles. The van der Waals surface area contributed by atoms with E-state index in [9.17, 15) is 9.59 Å². The van der Waals surface area contributed by atoms with Gasteiger partial charge in [-0.1, -0.05) is 0 Å². The van der Waals surface area contributed by atoms with Crippen LogP contribution in [0.5, 0.6) is 0 Å². The van der Waals surface area contributed by atoms with Crippen molar-refractivity contribution in [3.63, 3.8) is 0 Å². The van der Waals surface area contributed by atoms with Crippen molar-refractivity contribution in [1.29, 1.82) is 0 Å². The fraction of sp³-hybridized carbons (Fsp3) is 0.357. The van der Waals surface area contributed by atoms with E-state index in [1.54, 1.807) is 10.9 Å². The van der Waals surface area contributed by atoms with Gasteiger partial charge in [0.1, 0.15) is 5.00 Å². The molecule has 2 amide bonds. The molecule has 0 saturated heterocycles. The number of aromatic nitrogens is 2. The Morgan fingerprint density at radius 1 is 1.45 bits per heavy atom. The van der Waals surface area contributed by atoms with Gasteiger partial charge < -0.3 is 11.1 Å². The Labute approximate surface area is 139 Å². The number of nitrogens with zero attached hydrogens (tertiary/aromatic N) is 2. The summed E-state index contributed by atoms with van der Waals surface area (Å²) in [5.74, 6) is -0.611. The van der Waals surface area contributed by atoms with Gasteiger partial charge in [0, 0.05) is 24.0 Å². The number of hydrogen-bond acceptors (Lipinski definition) is 4. The first kappa shape index (κ1) is 15.2. The SMILES string of the molecule is NC(=O)c1c(NC(=O)CCn2cc(Br)cn2)sc2c1CCC2. The van der Waals surface area contributed by atoms with Gasteiger partial charge in [-0.2, -0.15) is 5.10 Å². The topological polar surface area (TPSA) is 90.0 Å². The third-order valence-electron chi connectivity index (χ3n) is 3.59. The van der Waals surface area contributed by atoms with Gasteiger partial charge in [0.15, 0.2) is 0 Å². The summed E-state index contributed by atoms with van der Waals surface area (Å²) in [7, 11) is 0. The molecule has 1 aliphatic rings. The quantitative estimate of drug-likeness (QED) is 0.831. The van der Waals surface area contributed by atoms with Crippen molar-refractivity contribution in [3.05, 3.63) is 32.9 Å². The fourth-order valence-electron chi connectivity index (χ4n) is 2.62. The normalized spacial score (nSPS) is 13.1. The molecular formula is C14H15BrN4O2S. The molecule has 0 spiro atoms. The van der Waals surface area contributed by atoms with Gasteiger partial charge in [-0.25, -0.2) is 0 Å². The van der Waals surface area contributed by atoms with Crippen molar-refractivity contribution >= 4 is 44.1 Å². The lowest BCUT2D eigenvalue weighted by atomic mass is 10.1. The zero-order valence-electron chi connectivity index (χ0n) is 11.8. The lowest BCUT2D eigenvalue weighted by Crippen LogP contribution is -2.18. The lowest BCUT2D eigenvalue weighted by molar-refractivity contribution is -0.116. The molecule has 3 rings (SSSR count). The molecule has 0 aromatic carbocycles. The van der Waals surface area contributed by atoms with E-state index in [1.807, 2.05) is 6.20 Å². The van der Waals surface area contributed by atoms with Gasteiger partial charge in [0.05, 0.1) is 16.2 Å². The largest absolute Gasteiger partial charge is 0.365 e. The molecule has 0 fully saturated rings. The Bertz CT molecular complexity index is 737. The summed E-state index contributed by atoms with van der Waals surface area (Å²) in [6, 6.07) is 0. The molecule has 0 bridgehead atoms. The Hall–Kier alpha value is -1.67. The zero-order chi connectivity index (χ0) is 15.7. The third-order valence-corrected chi connectivity index (χ3v) is 5.21. The van der Waals surface area contributed by atoms with Gasteiger partial charge in [-0.15, -0.1) is 11.3 Å². The molecule has 2 aromatic heterocycles. The second-order valence-electron chi connectivity index (χ2n) is 5.15. The van der Waals surface area contributed by atoms with Crippen LogP contribution in [0.15, 0.2) is 16.9 Å². The number of fused-ring (bicyclic) bond motifs is 1. The van der Waals surface area contributed by atoms with E-state index in [0.29, 0.717) is 17.1 Å². The van der Waals surface area contributed by atoms with Gasteiger partial charge in [0.25, 0.3) is 5.91 Å². The van der Waals surface area contributed by atoms with Crippen molar-refractivity contribution in [2.45, 2.75) is 32.2 Å². The Balaban J connectivity index is 1.68. The van der Waals surface area contributed by atoms with Crippen LogP contribution in [0.3, 0.4) is 0 Å². The smallest absolute Gasteiger partial charge is 0.251 e. The molecule has 22 heavy (non-hydrogen) atoms. The van der Waals surface area contributed by atoms with E-state index in [4.69, 9.17) is 5.73 Å². The first-order valence-electron chi connectivity index (χ1n) is 6.96. The van der Waals surface area contributed by atoms with E-state index in [1.165, 1.54) is 16.2 Å². The Kier molecular flexibility index (Phi) is 4.30. The highest BCUT2D eigenvalue weighted by Gasteiger charge is 2.25. The molecule has 1 aliphatic carbocycles. The molecule has 3 N–H and O–H groups in total. The highest BCUT2D eigenvalue weighted by molar-refractivity contribution is 9.10. The minimum atomic E-state index is -0.467. The molecule has 0 atom stereocenters. The number of halogens is 1. The predicted molar refractivity (Wildman–Crippen MR) is 88.0 cm³/mol. The number of nitrogens with one attached hydrogen (secondary N) is 1. The maximum Gasteiger partial charge on any atom is 0.251 e. The van der Waals surface area contributed by atoms with Gasteiger partial charge in [-0.3, -0.25) is 14.3 Å². The minimum Gasteiger partial charge on any atom is -0.365 e. The first-order valence-corrected chi connectivity index (χ1v) is 8.57. The first-order chi connectivity index (χ1) is 10.5. The molecule has 116 valence electrons. The standard InChI is InChI=1S/C14H15BrN4O2S/c15-8-6-17-19(7-8)5-4-11(20)18-14-12(13(16)21)9-2-1-3-10(9)22-14/h6-7H,1-5H2,(H2,16,21)(H,18,20). The van der Waals surface area contributed by atoms with Crippen molar-refractivity contribution in [2.75, 3.05) is 5.32 Å². The average molecular weight is 383 g/mol. The Morgan fingerprint density at radius 3 is 2.95 bits per heavy atom. The second kappa shape index (κ2) is 6.21. The van der Waals surface area contributed by atoms with E-state index in [2.05, 4.69) is 26.3 Å². The maximum absolute atomic E-state index is 12.1.